The maximum absolute atomic E-state index is 12.2. The molecular weight excluding hydrogens is 314 g/mol. The zero-order chi connectivity index (χ0) is 15.8. The van der Waals surface area contributed by atoms with Gasteiger partial charge in [0.2, 0.25) is 0 Å². The first-order chi connectivity index (χ1) is 11.2. The third-order valence-corrected chi connectivity index (χ3v) is 3.77. The largest absolute Gasteiger partial charge is 0.451 e. The van der Waals surface area contributed by atoms with E-state index in [1.807, 2.05) is 40.9 Å². The second-order valence-corrected chi connectivity index (χ2v) is 5.61. The fraction of sp³-hybridized carbons (Fsp3) is 0.0588. The van der Waals surface area contributed by atoms with Gasteiger partial charge in [0.1, 0.15) is 11.2 Å². The molecule has 0 fully saturated rings. The summed E-state index contributed by atoms with van der Waals surface area (Å²) in [6.07, 6.45) is 3.61. The van der Waals surface area contributed by atoms with E-state index >= 15 is 0 Å². The van der Waals surface area contributed by atoms with Crippen LogP contribution >= 0.6 is 11.6 Å². The lowest BCUT2D eigenvalue weighted by atomic mass is 10.2. The Morgan fingerprint density at radius 1 is 1.22 bits per heavy atom. The number of nitrogens with zero attached hydrogens (tertiary/aromatic N) is 2. The first-order valence-electron chi connectivity index (χ1n) is 7.09. The number of imidazole rings is 1. The number of carbonyl (C=O) groups excluding carboxylic acids is 1. The summed E-state index contributed by atoms with van der Waals surface area (Å²) < 4.78 is 7.36. The van der Waals surface area contributed by atoms with E-state index in [9.17, 15) is 4.79 Å². The molecule has 4 rings (SSSR count). The molecule has 0 bridgehead atoms. The zero-order valence-electron chi connectivity index (χ0n) is 12.0. The highest BCUT2D eigenvalue weighted by atomic mass is 35.5. The van der Waals surface area contributed by atoms with Crippen LogP contribution in [-0.2, 0) is 6.54 Å². The Bertz CT molecular complexity index is 986. The molecule has 114 valence electrons. The van der Waals surface area contributed by atoms with Crippen molar-refractivity contribution in [2.75, 3.05) is 0 Å². The Kier molecular flexibility index (Phi) is 3.28. The molecule has 0 aliphatic carbocycles. The summed E-state index contributed by atoms with van der Waals surface area (Å²) in [5, 5.41) is 4.35. The third kappa shape index (κ3) is 2.66. The van der Waals surface area contributed by atoms with E-state index in [4.69, 9.17) is 16.0 Å². The average Bonchev–Trinajstić information content (AvgIpc) is 3.15. The van der Waals surface area contributed by atoms with Crippen molar-refractivity contribution in [1.82, 2.24) is 14.7 Å². The molecule has 0 unspecified atom stereocenters. The number of rotatable bonds is 3. The van der Waals surface area contributed by atoms with Gasteiger partial charge in [-0.2, -0.15) is 0 Å². The van der Waals surface area contributed by atoms with Crippen LogP contribution in [0.1, 0.15) is 16.2 Å². The molecule has 0 spiro atoms. The van der Waals surface area contributed by atoms with E-state index in [0.29, 0.717) is 17.2 Å². The summed E-state index contributed by atoms with van der Waals surface area (Å²) in [7, 11) is 0. The van der Waals surface area contributed by atoms with Gasteiger partial charge in [0.15, 0.2) is 5.76 Å². The van der Waals surface area contributed by atoms with Gasteiger partial charge in [0, 0.05) is 17.8 Å². The molecule has 0 aliphatic heterocycles. The molecule has 4 aromatic rings. The molecule has 23 heavy (non-hydrogen) atoms. The minimum absolute atomic E-state index is 0.267. The molecule has 1 amide bonds. The number of fused-ring (bicyclic) bond motifs is 2. The molecule has 3 aromatic heterocycles. The first kappa shape index (κ1) is 13.8. The van der Waals surface area contributed by atoms with Crippen molar-refractivity contribution in [3.63, 3.8) is 0 Å². The number of nitrogens with one attached hydrogen (secondary N) is 1. The second-order valence-electron chi connectivity index (χ2n) is 5.18. The Labute approximate surface area is 136 Å². The van der Waals surface area contributed by atoms with Crippen LogP contribution in [0.2, 0.25) is 5.02 Å². The lowest BCUT2D eigenvalue weighted by Crippen LogP contribution is -2.22. The summed E-state index contributed by atoms with van der Waals surface area (Å²) in [4.78, 5) is 16.6. The van der Waals surface area contributed by atoms with Crippen LogP contribution < -0.4 is 5.32 Å². The van der Waals surface area contributed by atoms with Crippen molar-refractivity contribution >= 4 is 34.1 Å². The van der Waals surface area contributed by atoms with Crippen LogP contribution in [0.4, 0.5) is 0 Å². The molecular formula is C17H12ClN3O2. The van der Waals surface area contributed by atoms with Crippen LogP contribution in [0.15, 0.2) is 59.3 Å². The van der Waals surface area contributed by atoms with Gasteiger partial charge in [-0.25, -0.2) is 4.98 Å². The van der Waals surface area contributed by atoms with Gasteiger partial charge in [-0.3, -0.25) is 4.79 Å². The highest BCUT2D eigenvalue weighted by Gasteiger charge is 2.12. The minimum atomic E-state index is -0.267. The Morgan fingerprint density at radius 2 is 2.09 bits per heavy atom. The normalized spacial score (nSPS) is 11.2. The molecule has 0 aliphatic rings. The van der Waals surface area contributed by atoms with Gasteiger partial charge in [0.25, 0.3) is 5.91 Å². The van der Waals surface area contributed by atoms with Crippen LogP contribution in [-0.4, -0.2) is 15.3 Å². The number of furan rings is 1. The number of pyridine rings is 1. The molecule has 6 heteroatoms. The molecule has 1 N–H and O–H groups in total. The second kappa shape index (κ2) is 5.44. The van der Waals surface area contributed by atoms with E-state index in [2.05, 4.69) is 10.3 Å². The standard InChI is InChI=1S/C17H12ClN3O2/c18-12-5-6-16-20-13(10-21(16)9-12)8-19-17(22)15-7-11-3-1-2-4-14(11)23-15/h1-7,9-10H,8H2,(H,19,22). The van der Waals surface area contributed by atoms with Crippen molar-refractivity contribution in [3.05, 3.63) is 71.3 Å². The number of amides is 1. The molecule has 0 saturated heterocycles. The first-order valence-corrected chi connectivity index (χ1v) is 7.47. The van der Waals surface area contributed by atoms with Crippen LogP contribution in [0, 0.1) is 0 Å². The molecule has 0 atom stereocenters. The predicted octanol–water partition coefficient (Wildman–Crippen LogP) is 3.66. The summed E-state index contributed by atoms with van der Waals surface area (Å²) in [5.74, 6) is 0.0225. The topological polar surface area (TPSA) is 59.5 Å². The summed E-state index contributed by atoms with van der Waals surface area (Å²) >= 11 is 5.94. The maximum Gasteiger partial charge on any atom is 0.287 e. The van der Waals surface area contributed by atoms with Crippen LogP contribution in [0.5, 0.6) is 0 Å². The number of aromatic nitrogens is 2. The molecule has 0 radical (unpaired) electrons. The summed E-state index contributed by atoms with van der Waals surface area (Å²) in [6, 6.07) is 12.8. The van der Waals surface area contributed by atoms with E-state index in [1.54, 1.807) is 18.3 Å². The highest BCUT2D eigenvalue weighted by molar-refractivity contribution is 6.30. The van der Waals surface area contributed by atoms with Gasteiger partial charge in [-0.1, -0.05) is 29.8 Å². The van der Waals surface area contributed by atoms with E-state index in [-0.39, 0.29) is 11.7 Å². The summed E-state index contributed by atoms with van der Waals surface area (Å²) in [6.45, 7) is 0.315. The molecule has 1 aromatic carbocycles. The van der Waals surface area contributed by atoms with Crippen LogP contribution in [0.3, 0.4) is 0 Å². The SMILES string of the molecule is O=C(NCc1cn2cc(Cl)ccc2n1)c1cc2ccccc2o1. The van der Waals surface area contributed by atoms with Gasteiger partial charge in [0.05, 0.1) is 17.3 Å². The fourth-order valence-electron chi connectivity index (χ4n) is 2.45. The fourth-order valence-corrected chi connectivity index (χ4v) is 2.62. The van der Waals surface area contributed by atoms with Crippen molar-refractivity contribution < 1.29 is 9.21 Å². The van der Waals surface area contributed by atoms with Gasteiger partial charge < -0.3 is 14.1 Å². The highest BCUT2D eigenvalue weighted by Crippen LogP contribution is 2.18. The Balaban J connectivity index is 1.51. The quantitative estimate of drug-likeness (QED) is 0.625. The lowest BCUT2D eigenvalue weighted by molar-refractivity contribution is 0.0925. The van der Waals surface area contributed by atoms with Gasteiger partial charge >= 0.3 is 0 Å². The van der Waals surface area contributed by atoms with Crippen molar-refractivity contribution in [3.8, 4) is 0 Å². The molecule has 5 nitrogen and oxygen atoms in total. The number of hydrogen-bond donors (Lipinski definition) is 1. The van der Waals surface area contributed by atoms with E-state index < -0.39 is 0 Å². The maximum atomic E-state index is 12.2. The van der Waals surface area contributed by atoms with Crippen LogP contribution in [0.25, 0.3) is 16.6 Å². The van der Waals surface area contributed by atoms with Gasteiger partial charge in [-0.15, -0.1) is 0 Å². The lowest BCUT2D eigenvalue weighted by Gasteiger charge is -1.99. The Hall–Kier alpha value is -2.79. The summed E-state index contributed by atoms with van der Waals surface area (Å²) in [5.41, 5.74) is 2.22. The number of carbonyl (C=O) groups is 1. The minimum Gasteiger partial charge on any atom is -0.451 e. The Morgan fingerprint density at radius 3 is 2.96 bits per heavy atom. The third-order valence-electron chi connectivity index (χ3n) is 3.54. The van der Waals surface area contributed by atoms with Gasteiger partial charge in [-0.05, 0) is 24.3 Å². The van der Waals surface area contributed by atoms with E-state index in [1.165, 1.54) is 0 Å². The average molecular weight is 326 g/mol. The van der Waals surface area contributed by atoms with E-state index in [0.717, 1.165) is 16.7 Å². The van der Waals surface area contributed by atoms with Crippen molar-refractivity contribution in [1.29, 1.82) is 0 Å². The number of halogens is 1. The molecule has 0 saturated carbocycles. The molecule has 3 heterocycles. The monoisotopic (exact) mass is 325 g/mol. The predicted molar refractivity (Wildman–Crippen MR) is 87.6 cm³/mol. The van der Waals surface area contributed by atoms with Crippen molar-refractivity contribution in [2.24, 2.45) is 0 Å². The number of para-hydroxylation sites is 1. The zero-order valence-corrected chi connectivity index (χ0v) is 12.7. The number of hydrogen-bond acceptors (Lipinski definition) is 3. The van der Waals surface area contributed by atoms with Crippen molar-refractivity contribution in [2.45, 2.75) is 6.54 Å². The number of benzene rings is 1. The smallest absolute Gasteiger partial charge is 0.287 e.